The highest BCUT2D eigenvalue weighted by Gasteiger charge is 2.47. The van der Waals surface area contributed by atoms with Gasteiger partial charge >= 0.3 is 6.18 Å². The first kappa shape index (κ1) is 25.7. The molecule has 7 rings (SSSR count). The van der Waals surface area contributed by atoms with Crippen LogP contribution in [0.25, 0.3) is 11.5 Å². The van der Waals surface area contributed by atoms with Crippen LogP contribution in [0.3, 0.4) is 0 Å². The maximum Gasteiger partial charge on any atom is 0.453 e. The molecule has 0 saturated heterocycles. The Kier molecular flexibility index (Phi) is 5.88. The number of anilines is 2. The van der Waals surface area contributed by atoms with Crippen molar-refractivity contribution in [1.29, 1.82) is 0 Å². The van der Waals surface area contributed by atoms with Gasteiger partial charge in [-0.05, 0) is 42.3 Å². The maximum atomic E-state index is 15.6. The first-order valence-electron chi connectivity index (χ1n) is 13.4. The second kappa shape index (κ2) is 9.39. The Hall–Kier alpha value is -4.28. The maximum absolute atomic E-state index is 15.6. The number of hydrogen-bond donors (Lipinski definition) is 0. The SMILES string of the molecule is CN1c2ccccc2N2Cc3c(F)cc(F)cc3C3Cn4nc(C(F)(F)F)nc4-c4cccc[n+]4C/C=C/CC3C12. The lowest BCUT2D eigenvalue weighted by Crippen LogP contribution is -2.47. The topological polar surface area (TPSA) is 41.1 Å². The number of nitrogens with zero attached hydrogens (tertiary/aromatic N) is 6. The van der Waals surface area contributed by atoms with Gasteiger partial charge in [0.05, 0.1) is 17.9 Å². The fraction of sp³-hybridized carbons (Fsp3) is 0.300. The molecular weight excluding hydrogens is 539 g/mol. The van der Waals surface area contributed by atoms with Gasteiger partial charge in [0.1, 0.15) is 17.8 Å². The van der Waals surface area contributed by atoms with Gasteiger partial charge in [0, 0.05) is 49.2 Å². The van der Waals surface area contributed by atoms with Gasteiger partial charge in [-0.1, -0.05) is 18.2 Å². The van der Waals surface area contributed by atoms with Crippen LogP contribution in [0.2, 0.25) is 0 Å². The fourth-order valence-electron chi connectivity index (χ4n) is 6.69. The van der Waals surface area contributed by atoms with Gasteiger partial charge < -0.3 is 9.80 Å². The number of para-hydroxylation sites is 2. The summed E-state index contributed by atoms with van der Waals surface area (Å²) in [5, 5.41) is 3.94. The highest BCUT2D eigenvalue weighted by Crippen LogP contribution is 2.50. The van der Waals surface area contributed by atoms with Crippen LogP contribution in [0.5, 0.6) is 0 Å². The van der Waals surface area contributed by atoms with E-state index in [1.165, 1.54) is 10.7 Å². The number of aromatic nitrogens is 4. The van der Waals surface area contributed by atoms with Gasteiger partial charge in [-0.25, -0.2) is 13.5 Å². The first-order chi connectivity index (χ1) is 19.7. The summed E-state index contributed by atoms with van der Waals surface area (Å²) >= 11 is 0. The highest BCUT2D eigenvalue weighted by atomic mass is 19.4. The van der Waals surface area contributed by atoms with E-state index in [2.05, 4.69) is 26.0 Å². The van der Waals surface area contributed by atoms with Crippen molar-refractivity contribution in [3.63, 3.8) is 0 Å². The molecule has 0 saturated carbocycles. The third kappa shape index (κ3) is 4.17. The van der Waals surface area contributed by atoms with Crippen LogP contribution in [-0.2, 0) is 25.8 Å². The summed E-state index contributed by atoms with van der Waals surface area (Å²) in [5.41, 5.74) is 3.14. The zero-order chi connectivity index (χ0) is 28.5. The zero-order valence-corrected chi connectivity index (χ0v) is 22.1. The van der Waals surface area contributed by atoms with E-state index in [0.717, 1.165) is 17.4 Å². The van der Waals surface area contributed by atoms with E-state index in [-0.39, 0.29) is 31.0 Å². The number of halogens is 5. The van der Waals surface area contributed by atoms with E-state index in [0.29, 0.717) is 29.8 Å². The molecule has 2 aromatic heterocycles. The minimum absolute atomic E-state index is 0.0454. The highest BCUT2D eigenvalue weighted by molar-refractivity contribution is 5.78. The largest absolute Gasteiger partial charge is 0.453 e. The quantitative estimate of drug-likeness (QED) is 0.156. The molecule has 4 aromatic rings. The van der Waals surface area contributed by atoms with Crippen LogP contribution in [0, 0.1) is 17.6 Å². The molecule has 41 heavy (non-hydrogen) atoms. The molecule has 0 spiro atoms. The summed E-state index contributed by atoms with van der Waals surface area (Å²) in [6.07, 6.45) is 1.31. The molecule has 6 nitrogen and oxygen atoms in total. The van der Waals surface area contributed by atoms with Crippen molar-refractivity contribution >= 4 is 11.4 Å². The molecule has 210 valence electrons. The molecule has 11 heteroatoms. The minimum Gasteiger partial charge on any atom is -0.352 e. The normalized spacial score (nSPS) is 22.3. The third-order valence-corrected chi connectivity index (χ3v) is 8.45. The van der Waals surface area contributed by atoms with Crippen molar-refractivity contribution in [2.24, 2.45) is 5.92 Å². The van der Waals surface area contributed by atoms with Gasteiger partial charge in [-0.3, -0.25) is 0 Å². The summed E-state index contributed by atoms with van der Waals surface area (Å²) in [7, 11) is 1.97. The minimum atomic E-state index is -4.76. The van der Waals surface area contributed by atoms with Gasteiger partial charge in [0.25, 0.3) is 5.82 Å². The molecule has 2 aromatic carbocycles. The Morgan fingerprint density at radius 3 is 2.56 bits per heavy atom. The van der Waals surface area contributed by atoms with Gasteiger partial charge in [0.2, 0.25) is 11.5 Å². The molecule has 3 aliphatic heterocycles. The van der Waals surface area contributed by atoms with Gasteiger partial charge in [-0.15, -0.1) is 5.10 Å². The number of hydrogen-bond acceptors (Lipinski definition) is 4. The number of pyridine rings is 1. The monoisotopic (exact) mass is 565 g/mol. The molecule has 0 amide bonds. The van der Waals surface area contributed by atoms with Crippen molar-refractivity contribution in [1.82, 2.24) is 14.8 Å². The Bertz CT molecular complexity index is 1680. The lowest BCUT2D eigenvalue weighted by molar-refractivity contribution is -0.676. The second-order valence-electron chi connectivity index (χ2n) is 10.8. The Morgan fingerprint density at radius 1 is 0.976 bits per heavy atom. The summed E-state index contributed by atoms with van der Waals surface area (Å²) < 4.78 is 75.3. The smallest absolute Gasteiger partial charge is 0.352 e. The molecule has 0 radical (unpaired) electrons. The Labute approximate surface area is 233 Å². The molecule has 3 unspecified atom stereocenters. The Balaban J connectivity index is 1.47. The molecule has 0 N–H and O–H groups in total. The second-order valence-corrected chi connectivity index (χ2v) is 10.8. The summed E-state index contributed by atoms with van der Waals surface area (Å²) in [4.78, 5) is 8.20. The van der Waals surface area contributed by atoms with Crippen molar-refractivity contribution in [3.8, 4) is 11.5 Å². The van der Waals surface area contributed by atoms with Crippen molar-refractivity contribution in [2.45, 2.75) is 44.3 Å². The number of allylic oxidation sites excluding steroid dienone is 2. The van der Waals surface area contributed by atoms with Gasteiger partial charge in [-0.2, -0.15) is 22.7 Å². The van der Waals surface area contributed by atoms with Crippen LogP contribution in [0.4, 0.5) is 33.3 Å². The van der Waals surface area contributed by atoms with E-state index in [4.69, 9.17) is 0 Å². The summed E-state index contributed by atoms with van der Waals surface area (Å²) in [5.74, 6) is -3.44. The molecular formula is C30H26F5N6+. The van der Waals surface area contributed by atoms with Crippen molar-refractivity contribution in [3.05, 3.63) is 102 Å². The van der Waals surface area contributed by atoms with Crippen LogP contribution >= 0.6 is 0 Å². The number of rotatable bonds is 0. The van der Waals surface area contributed by atoms with Crippen molar-refractivity contribution in [2.75, 3.05) is 16.8 Å². The van der Waals surface area contributed by atoms with Crippen LogP contribution in [0.15, 0.2) is 72.9 Å². The summed E-state index contributed by atoms with van der Waals surface area (Å²) in [6.45, 7) is 0.559. The molecule has 0 aliphatic carbocycles. The van der Waals surface area contributed by atoms with E-state index in [1.54, 1.807) is 24.4 Å². The fourth-order valence-corrected chi connectivity index (χ4v) is 6.69. The predicted molar refractivity (Wildman–Crippen MR) is 142 cm³/mol. The van der Waals surface area contributed by atoms with E-state index in [1.807, 2.05) is 42.0 Å². The first-order valence-corrected chi connectivity index (χ1v) is 13.4. The van der Waals surface area contributed by atoms with E-state index >= 15 is 4.39 Å². The number of alkyl halides is 3. The standard InChI is InChI=1S/C30H26F5N6/c1-38-24-9-2-3-10-25(24)40-16-22-20(14-18(31)15-23(22)32)21-17-41-27(36-29(37-41)30(33,34)35)26-11-5-7-13-39(26)12-6-4-8-19(21)28(38)40/h2-7,9-11,13-15,19,21,28H,8,12,16-17H2,1H3/q+1/b6-4+. The number of benzene rings is 2. The predicted octanol–water partition coefficient (Wildman–Crippen LogP) is 5.69. The lowest BCUT2D eigenvalue weighted by atomic mass is 9.80. The van der Waals surface area contributed by atoms with E-state index in [9.17, 15) is 17.6 Å². The van der Waals surface area contributed by atoms with Crippen LogP contribution < -0.4 is 14.4 Å². The molecule has 0 fully saturated rings. The summed E-state index contributed by atoms with van der Waals surface area (Å²) in [6, 6.07) is 15.3. The molecule has 3 aliphatic rings. The van der Waals surface area contributed by atoms with Crippen molar-refractivity contribution < 1.29 is 26.5 Å². The van der Waals surface area contributed by atoms with Gasteiger partial charge in [0.15, 0.2) is 12.7 Å². The third-order valence-electron chi connectivity index (χ3n) is 8.45. The van der Waals surface area contributed by atoms with Crippen LogP contribution in [0.1, 0.15) is 29.3 Å². The lowest BCUT2D eigenvalue weighted by Gasteiger charge is -2.38. The zero-order valence-electron chi connectivity index (χ0n) is 22.1. The average Bonchev–Trinajstić information content (AvgIpc) is 3.44. The molecule has 0 bridgehead atoms. The molecule has 3 atom stereocenters. The Morgan fingerprint density at radius 2 is 1.76 bits per heavy atom. The molecule has 5 heterocycles. The van der Waals surface area contributed by atoms with Crippen LogP contribution in [-0.4, -0.2) is 28.0 Å². The van der Waals surface area contributed by atoms with E-state index < -0.39 is 29.6 Å². The average molecular weight is 566 g/mol. The number of fused-ring (bicyclic) bond motifs is 10.